The number of hydrogen-bond donors (Lipinski definition) is 3. The van der Waals surface area contributed by atoms with Crippen molar-refractivity contribution < 1.29 is 23.1 Å². The van der Waals surface area contributed by atoms with Gasteiger partial charge in [-0.1, -0.05) is 12.1 Å². The van der Waals surface area contributed by atoms with Gasteiger partial charge in [0.2, 0.25) is 5.88 Å². The van der Waals surface area contributed by atoms with Gasteiger partial charge in [0.25, 0.3) is 5.91 Å². The van der Waals surface area contributed by atoms with Crippen LogP contribution in [0.2, 0.25) is 0 Å². The number of rotatable bonds is 4. The second-order valence-corrected chi connectivity index (χ2v) is 8.37. The molecular weight excluding hydrogens is 457 g/mol. The Balaban J connectivity index is 1.86. The Bertz CT molecular complexity index is 1450. The molecule has 0 spiro atoms. The number of alkyl halides is 3. The molecule has 1 amide bonds. The van der Waals surface area contributed by atoms with Gasteiger partial charge >= 0.3 is 6.18 Å². The summed E-state index contributed by atoms with van der Waals surface area (Å²) >= 11 is 0. The fourth-order valence-corrected chi connectivity index (χ4v) is 4.04. The lowest BCUT2D eigenvalue weighted by Gasteiger charge is -2.11. The fourth-order valence-electron chi connectivity index (χ4n) is 4.04. The molecule has 1 heterocycles. The van der Waals surface area contributed by atoms with Gasteiger partial charge in [-0.05, 0) is 80.4 Å². The number of carbonyl (C=O) groups excluding carboxylic acids is 1. The zero-order valence-electron chi connectivity index (χ0n) is 19.2. The summed E-state index contributed by atoms with van der Waals surface area (Å²) in [7, 11) is 0. The average Bonchev–Trinajstić information content (AvgIpc) is 3.07. The van der Waals surface area contributed by atoms with Crippen LogP contribution in [0.3, 0.4) is 0 Å². The van der Waals surface area contributed by atoms with Crippen molar-refractivity contribution in [3.63, 3.8) is 0 Å². The number of halogens is 3. The minimum atomic E-state index is -4.56. The Morgan fingerprint density at radius 1 is 1.00 bits per heavy atom. The van der Waals surface area contributed by atoms with Crippen molar-refractivity contribution in [1.82, 2.24) is 9.99 Å². The molecule has 1 aromatic heterocycles. The third-order valence-corrected chi connectivity index (χ3v) is 5.60. The number of carbonyl (C=O) groups is 1. The number of hydrogen-bond acceptors (Lipinski definition) is 4. The minimum Gasteiger partial charge on any atom is -0.494 e. The topological polar surface area (TPSA) is 92.6 Å². The van der Waals surface area contributed by atoms with Crippen LogP contribution in [0.5, 0.6) is 5.88 Å². The number of benzene rings is 3. The molecule has 0 aliphatic rings. The highest BCUT2D eigenvalue weighted by atomic mass is 19.4. The molecule has 0 saturated carbocycles. The van der Waals surface area contributed by atoms with Gasteiger partial charge in [-0.3, -0.25) is 9.36 Å². The SMILES string of the molecule is C/C(=N\NC(=O)c1ccc(N)cc1)c1c(O)n(-c2cc(C)cc(C)c2)c2cc(C(F)(F)F)ccc12. The second-order valence-electron chi connectivity index (χ2n) is 8.37. The molecule has 180 valence electrons. The Morgan fingerprint density at radius 3 is 2.23 bits per heavy atom. The minimum absolute atomic E-state index is 0.164. The molecule has 6 nitrogen and oxygen atoms in total. The summed E-state index contributed by atoms with van der Waals surface area (Å²) in [5.41, 5.74) is 10.9. The van der Waals surface area contributed by atoms with Crippen LogP contribution in [0.1, 0.15) is 39.5 Å². The molecular formula is C26H23F3N4O2. The highest BCUT2D eigenvalue weighted by Crippen LogP contribution is 2.39. The highest BCUT2D eigenvalue weighted by Gasteiger charge is 2.32. The van der Waals surface area contributed by atoms with E-state index in [4.69, 9.17) is 5.73 Å². The first-order valence-electron chi connectivity index (χ1n) is 10.7. The first kappa shape index (κ1) is 23.9. The van der Waals surface area contributed by atoms with E-state index in [-0.39, 0.29) is 22.7 Å². The van der Waals surface area contributed by atoms with Crippen LogP contribution in [-0.2, 0) is 6.18 Å². The van der Waals surface area contributed by atoms with Crippen molar-refractivity contribution in [2.45, 2.75) is 26.9 Å². The number of nitrogens with two attached hydrogens (primary N) is 1. The van der Waals surface area contributed by atoms with Gasteiger partial charge in [-0.15, -0.1) is 0 Å². The van der Waals surface area contributed by atoms with Gasteiger partial charge in [0.1, 0.15) is 0 Å². The molecule has 9 heteroatoms. The molecule has 0 unspecified atom stereocenters. The first-order valence-corrected chi connectivity index (χ1v) is 10.7. The molecule has 35 heavy (non-hydrogen) atoms. The first-order chi connectivity index (χ1) is 16.5. The number of fused-ring (bicyclic) bond motifs is 1. The number of anilines is 1. The second kappa shape index (κ2) is 8.83. The molecule has 0 aliphatic carbocycles. The number of nitrogens with one attached hydrogen (secondary N) is 1. The maximum atomic E-state index is 13.5. The quantitative estimate of drug-likeness (QED) is 0.199. The van der Waals surface area contributed by atoms with E-state index in [9.17, 15) is 23.1 Å². The third-order valence-electron chi connectivity index (χ3n) is 5.60. The van der Waals surface area contributed by atoms with Crippen LogP contribution in [0.25, 0.3) is 16.6 Å². The fraction of sp³-hybridized carbons (Fsp3) is 0.154. The number of nitrogens with zero attached hydrogens (tertiary/aromatic N) is 2. The third kappa shape index (κ3) is 4.70. The predicted molar refractivity (Wildman–Crippen MR) is 130 cm³/mol. The van der Waals surface area contributed by atoms with Crippen molar-refractivity contribution in [3.05, 3.63) is 88.5 Å². The van der Waals surface area contributed by atoms with Gasteiger partial charge in [0.05, 0.1) is 22.4 Å². The summed E-state index contributed by atoms with van der Waals surface area (Å²) in [6.45, 7) is 5.28. The number of hydrazone groups is 1. The molecule has 4 N–H and O–H groups in total. The number of amides is 1. The monoisotopic (exact) mass is 480 g/mol. The molecule has 0 fully saturated rings. The zero-order valence-corrected chi connectivity index (χ0v) is 19.2. The standard InChI is InChI=1S/C26H23F3N4O2/c1-14-10-15(2)12-20(11-14)33-22-13-18(26(27,28)29)6-9-21(22)23(25(33)35)16(3)31-32-24(34)17-4-7-19(30)8-5-17/h4-13,35H,30H2,1-3H3,(H,32,34)/b31-16+. The van der Waals surface area contributed by atoms with Crippen molar-refractivity contribution >= 4 is 28.2 Å². The largest absolute Gasteiger partial charge is 0.494 e. The van der Waals surface area contributed by atoms with E-state index in [2.05, 4.69) is 10.5 Å². The molecule has 0 atom stereocenters. The van der Waals surface area contributed by atoms with Crippen LogP contribution < -0.4 is 11.2 Å². The van der Waals surface area contributed by atoms with E-state index in [1.807, 2.05) is 19.9 Å². The Morgan fingerprint density at radius 2 is 1.63 bits per heavy atom. The Kier molecular flexibility index (Phi) is 6.02. The average molecular weight is 480 g/mol. The maximum Gasteiger partial charge on any atom is 0.416 e. The van der Waals surface area contributed by atoms with E-state index >= 15 is 0 Å². The van der Waals surface area contributed by atoms with Gasteiger partial charge in [-0.2, -0.15) is 18.3 Å². The van der Waals surface area contributed by atoms with Crippen LogP contribution in [0.4, 0.5) is 18.9 Å². The molecule has 4 aromatic rings. The van der Waals surface area contributed by atoms with Crippen molar-refractivity contribution in [2.24, 2.45) is 5.10 Å². The van der Waals surface area contributed by atoms with Gasteiger partial charge in [0.15, 0.2) is 0 Å². The summed E-state index contributed by atoms with van der Waals surface area (Å²) in [5.74, 6) is -0.784. The summed E-state index contributed by atoms with van der Waals surface area (Å²) in [6.07, 6.45) is -4.56. The normalized spacial score (nSPS) is 12.2. The van der Waals surface area contributed by atoms with Gasteiger partial charge in [0, 0.05) is 22.3 Å². The van der Waals surface area contributed by atoms with Crippen molar-refractivity contribution in [2.75, 3.05) is 5.73 Å². The van der Waals surface area contributed by atoms with Crippen LogP contribution in [0.15, 0.2) is 65.8 Å². The predicted octanol–water partition coefficient (Wildman–Crippen LogP) is 5.71. The zero-order chi connectivity index (χ0) is 25.5. The number of aromatic hydroxyl groups is 1. The van der Waals surface area contributed by atoms with Crippen molar-refractivity contribution in [1.29, 1.82) is 0 Å². The lowest BCUT2D eigenvalue weighted by atomic mass is 10.1. The Hall–Kier alpha value is -4.27. The lowest BCUT2D eigenvalue weighted by Crippen LogP contribution is -2.19. The molecule has 0 saturated heterocycles. The van der Waals surface area contributed by atoms with Gasteiger partial charge in [-0.25, -0.2) is 5.43 Å². The molecule has 0 radical (unpaired) electrons. The maximum absolute atomic E-state index is 13.5. The lowest BCUT2D eigenvalue weighted by molar-refractivity contribution is -0.137. The van der Waals surface area contributed by atoms with E-state index in [0.717, 1.165) is 23.3 Å². The van der Waals surface area contributed by atoms with E-state index in [1.54, 1.807) is 31.2 Å². The molecule has 0 bridgehead atoms. The van der Waals surface area contributed by atoms with E-state index in [0.29, 0.717) is 22.3 Å². The van der Waals surface area contributed by atoms with Crippen molar-refractivity contribution in [3.8, 4) is 11.6 Å². The van der Waals surface area contributed by atoms with Gasteiger partial charge < -0.3 is 10.8 Å². The highest BCUT2D eigenvalue weighted by molar-refractivity contribution is 6.13. The number of nitrogen functional groups attached to an aromatic ring is 1. The van der Waals surface area contributed by atoms with Crippen LogP contribution in [-0.4, -0.2) is 21.3 Å². The summed E-state index contributed by atoms with van der Waals surface area (Å²) in [5, 5.41) is 15.7. The summed E-state index contributed by atoms with van der Waals surface area (Å²) < 4.78 is 41.8. The van der Waals surface area contributed by atoms with E-state index in [1.165, 1.54) is 22.8 Å². The van der Waals surface area contributed by atoms with E-state index < -0.39 is 17.6 Å². The summed E-state index contributed by atoms with van der Waals surface area (Å²) in [4.78, 5) is 12.4. The number of aryl methyl sites for hydroxylation is 2. The Labute approximate surface area is 199 Å². The molecule has 0 aliphatic heterocycles. The molecule has 3 aromatic carbocycles. The smallest absolute Gasteiger partial charge is 0.416 e. The number of aromatic nitrogens is 1. The molecule has 4 rings (SSSR count). The van der Waals surface area contributed by atoms with Crippen LogP contribution >= 0.6 is 0 Å². The summed E-state index contributed by atoms with van der Waals surface area (Å²) in [6, 6.07) is 14.9. The van der Waals surface area contributed by atoms with Crippen LogP contribution in [0, 0.1) is 13.8 Å².